The van der Waals surface area contributed by atoms with Crippen LogP contribution in [0.25, 0.3) is 0 Å². The number of rotatable bonds is 6. The molecule has 0 fully saturated rings. The van der Waals surface area contributed by atoms with Gasteiger partial charge in [0.1, 0.15) is 5.75 Å². The number of esters is 1. The summed E-state index contributed by atoms with van der Waals surface area (Å²) in [5.41, 5.74) is 1.14. The van der Waals surface area contributed by atoms with Gasteiger partial charge in [-0.25, -0.2) is 4.79 Å². The van der Waals surface area contributed by atoms with Gasteiger partial charge in [0.15, 0.2) is 6.61 Å². The molecule has 0 aliphatic carbocycles. The molecule has 0 atom stereocenters. The Kier molecular flexibility index (Phi) is 6.67. The van der Waals surface area contributed by atoms with Crippen molar-refractivity contribution in [1.82, 2.24) is 4.90 Å². The van der Waals surface area contributed by atoms with Crippen molar-refractivity contribution in [2.75, 3.05) is 20.8 Å². The summed E-state index contributed by atoms with van der Waals surface area (Å²) >= 11 is 11.8. The molecule has 2 aromatic carbocycles. The number of nitrogens with zero attached hydrogens (tertiary/aromatic N) is 1. The first-order chi connectivity index (χ1) is 11.9. The Hall–Kier alpha value is -2.24. The third-order valence-electron chi connectivity index (χ3n) is 3.46. The summed E-state index contributed by atoms with van der Waals surface area (Å²) in [4.78, 5) is 25.6. The van der Waals surface area contributed by atoms with E-state index in [9.17, 15) is 9.59 Å². The Balaban J connectivity index is 1.90. The minimum atomic E-state index is -0.588. The van der Waals surface area contributed by atoms with Gasteiger partial charge >= 0.3 is 5.97 Å². The number of likely N-dealkylation sites (N-methyl/N-ethyl adjacent to an activating group) is 1. The second kappa shape index (κ2) is 8.74. The molecule has 0 bridgehead atoms. The highest BCUT2D eigenvalue weighted by atomic mass is 35.5. The Labute approximate surface area is 156 Å². The van der Waals surface area contributed by atoms with Crippen LogP contribution in [0.15, 0.2) is 42.5 Å². The van der Waals surface area contributed by atoms with Crippen LogP contribution >= 0.6 is 23.2 Å². The van der Waals surface area contributed by atoms with Gasteiger partial charge in [-0.3, -0.25) is 4.79 Å². The van der Waals surface area contributed by atoms with E-state index >= 15 is 0 Å². The van der Waals surface area contributed by atoms with E-state index in [2.05, 4.69) is 0 Å². The topological polar surface area (TPSA) is 55.8 Å². The van der Waals surface area contributed by atoms with Crippen molar-refractivity contribution in [3.05, 3.63) is 63.6 Å². The van der Waals surface area contributed by atoms with Crippen molar-refractivity contribution in [1.29, 1.82) is 0 Å². The minimum absolute atomic E-state index is 0.319. The van der Waals surface area contributed by atoms with Crippen LogP contribution < -0.4 is 4.74 Å². The van der Waals surface area contributed by atoms with E-state index in [-0.39, 0.29) is 12.5 Å². The van der Waals surface area contributed by atoms with Gasteiger partial charge in [-0.1, -0.05) is 35.3 Å². The molecule has 0 N–H and O–H groups in total. The fourth-order valence-electron chi connectivity index (χ4n) is 2.07. The molecule has 0 saturated carbocycles. The van der Waals surface area contributed by atoms with Gasteiger partial charge in [0.25, 0.3) is 5.91 Å². The summed E-state index contributed by atoms with van der Waals surface area (Å²) in [6.07, 6.45) is 0. The lowest BCUT2D eigenvalue weighted by molar-refractivity contribution is -0.133. The van der Waals surface area contributed by atoms with Crippen LogP contribution in [-0.2, 0) is 16.1 Å². The van der Waals surface area contributed by atoms with E-state index in [4.69, 9.17) is 32.7 Å². The van der Waals surface area contributed by atoms with Crippen LogP contribution in [0.4, 0.5) is 0 Å². The first-order valence-electron chi connectivity index (χ1n) is 7.39. The van der Waals surface area contributed by atoms with Gasteiger partial charge in [-0.15, -0.1) is 0 Å². The third kappa shape index (κ3) is 5.37. The summed E-state index contributed by atoms with van der Waals surface area (Å²) in [7, 11) is 3.12. The van der Waals surface area contributed by atoms with E-state index in [0.717, 1.165) is 5.56 Å². The van der Waals surface area contributed by atoms with Crippen molar-refractivity contribution < 1.29 is 19.1 Å². The van der Waals surface area contributed by atoms with Gasteiger partial charge in [-0.2, -0.15) is 0 Å². The summed E-state index contributed by atoms with van der Waals surface area (Å²) < 4.78 is 10.1. The molecular formula is C18H17Cl2NO4. The molecule has 0 saturated heterocycles. The molecule has 0 aliphatic rings. The van der Waals surface area contributed by atoms with Gasteiger partial charge in [-0.05, 0) is 35.9 Å². The van der Waals surface area contributed by atoms with Crippen molar-refractivity contribution in [2.24, 2.45) is 0 Å². The van der Waals surface area contributed by atoms with Crippen molar-refractivity contribution in [3.8, 4) is 5.75 Å². The first kappa shape index (κ1) is 19.1. The van der Waals surface area contributed by atoms with E-state index in [1.807, 2.05) is 0 Å². The largest absolute Gasteiger partial charge is 0.497 e. The van der Waals surface area contributed by atoms with E-state index < -0.39 is 5.97 Å². The number of carbonyl (C=O) groups is 2. The number of methoxy groups -OCH3 is 1. The summed E-state index contributed by atoms with van der Waals surface area (Å²) in [5, 5.41) is 0.871. The van der Waals surface area contributed by atoms with E-state index in [1.165, 1.54) is 12.0 Å². The van der Waals surface area contributed by atoms with Gasteiger partial charge in [0.2, 0.25) is 0 Å². The summed E-state index contributed by atoms with van der Waals surface area (Å²) in [5.74, 6) is -0.380. The number of halogens is 2. The summed E-state index contributed by atoms with van der Waals surface area (Å²) in [6.45, 7) is -0.0275. The molecular weight excluding hydrogens is 365 g/mol. The quantitative estimate of drug-likeness (QED) is 0.713. The number of carbonyl (C=O) groups excluding carboxylic acids is 2. The molecule has 0 unspecified atom stereocenters. The molecule has 2 aromatic rings. The number of hydrogen-bond acceptors (Lipinski definition) is 4. The summed E-state index contributed by atoms with van der Waals surface area (Å²) in [6, 6.07) is 11.7. The Morgan fingerprint density at radius 1 is 1.08 bits per heavy atom. The minimum Gasteiger partial charge on any atom is -0.497 e. The highest BCUT2D eigenvalue weighted by Crippen LogP contribution is 2.23. The van der Waals surface area contributed by atoms with Gasteiger partial charge < -0.3 is 14.4 Å². The van der Waals surface area contributed by atoms with Crippen LogP contribution in [-0.4, -0.2) is 37.5 Å². The second-order valence-corrected chi connectivity index (χ2v) is 6.12. The predicted molar refractivity (Wildman–Crippen MR) is 96.2 cm³/mol. The highest BCUT2D eigenvalue weighted by Gasteiger charge is 2.14. The standard InChI is InChI=1S/C18H17Cl2NO4/c1-21(10-12-6-7-15(19)16(20)8-12)17(22)11-25-18(23)13-4-3-5-14(9-13)24-2/h3-9H,10-11H2,1-2H3. The number of benzene rings is 2. The van der Waals surface area contributed by atoms with Crippen LogP contribution in [0, 0.1) is 0 Å². The number of amides is 1. The fraction of sp³-hybridized carbons (Fsp3) is 0.222. The average Bonchev–Trinajstić information content (AvgIpc) is 2.62. The molecule has 0 spiro atoms. The zero-order valence-electron chi connectivity index (χ0n) is 13.8. The molecule has 0 radical (unpaired) electrons. The highest BCUT2D eigenvalue weighted by molar-refractivity contribution is 6.42. The lowest BCUT2D eigenvalue weighted by Crippen LogP contribution is -2.30. The maximum Gasteiger partial charge on any atom is 0.338 e. The molecule has 25 heavy (non-hydrogen) atoms. The molecule has 0 aromatic heterocycles. The van der Waals surface area contributed by atoms with Crippen LogP contribution in [0.2, 0.25) is 10.0 Å². The Morgan fingerprint density at radius 3 is 2.52 bits per heavy atom. The van der Waals surface area contributed by atoms with Crippen LogP contribution in [0.5, 0.6) is 5.75 Å². The predicted octanol–water partition coefficient (Wildman–Crippen LogP) is 3.82. The Bertz CT molecular complexity index is 779. The third-order valence-corrected chi connectivity index (χ3v) is 4.20. The molecule has 2 rings (SSSR count). The van der Waals surface area contributed by atoms with Crippen molar-refractivity contribution in [2.45, 2.75) is 6.54 Å². The van der Waals surface area contributed by atoms with E-state index in [1.54, 1.807) is 49.5 Å². The van der Waals surface area contributed by atoms with Gasteiger partial charge in [0, 0.05) is 13.6 Å². The zero-order chi connectivity index (χ0) is 18.4. The maximum absolute atomic E-state index is 12.1. The molecule has 7 heteroatoms. The fourth-order valence-corrected chi connectivity index (χ4v) is 2.39. The Morgan fingerprint density at radius 2 is 1.84 bits per heavy atom. The van der Waals surface area contributed by atoms with Crippen LogP contribution in [0.1, 0.15) is 15.9 Å². The molecule has 0 aliphatic heterocycles. The molecule has 1 amide bonds. The monoisotopic (exact) mass is 381 g/mol. The average molecular weight is 382 g/mol. The number of ether oxygens (including phenoxy) is 2. The maximum atomic E-state index is 12.1. The van der Waals surface area contributed by atoms with Crippen molar-refractivity contribution in [3.63, 3.8) is 0 Å². The molecule has 132 valence electrons. The molecule has 0 heterocycles. The lowest BCUT2D eigenvalue weighted by Gasteiger charge is -2.17. The van der Waals surface area contributed by atoms with E-state index in [0.29, 0.717) is 27.9 Å². The number of hydrogen-bond donors (Lipinski definition) is 0. The SMILES string of the molecule is COc1cccc(C(=O)OCC(=O)N(C)Cc2ccc(Cl)c(Cl)c2)c1. The van der Waals surface area contributed by atoms with Gasteiger partial charge in [0.05, 0.1) is 22.7 Å². The smallest absolute Gasteiger partial charge is 0.338 e. The second-order valence-electron chi connectivity index (χ2n) is 5.31. The lowest BCUT2D eigenvalue weighted by atomic mass is 10.2. The first-order valence-corrected chi connectivity index (χ1v) is 8.15. The normalized spacial score (nSPS) is 10.2. The van der Waals surface area contributed by atoms with Crippen molar-refractivity contribution >= 4 is 35.1 Å². The molecule has 5 nitrogen and oxygen atoms in total. The zero-order valence-corrected chi connectivity index (χ0v) is 15.3. The van der Waals surface area contributed by atoms with Crippen LogP contribution in [0.3, 0.4) is 0 Å².